The van der Waals surface area contributed by atoms with E-state index in [0.29, 0.717) is 17.1 Å². The van der Waals surface area contributed by atoms with Crippen LogP contribution in [0, 0.1) is 0 Å². The lowest BCUT2D eigenvalue weighted by atomic mass is 10.3. The Bertz CT molecular complexity index is 447. The van der Waals surface area contributed by atoms with Gasteiger partial charge in [-0.1, -0.05) is 11.6 Å². The van der Waals surface area contributed by atoms with Crippen molar-refractivity contribution in [1.82, 2.24) is 4.31 Å². The highest BCUT2D eigenvalue weighted by molar-refractivity contribution is 7.90. The normalized spacial score (nSPS) is 11.8. The summed E-state index contributed by atoms with van der Waals surface area (Å²) in [6.07, 6.45) is 0.401. The Hall–Kier alpha value is -0.820. The smallest absolute Gasteiger partial charge is 0.301 e. The quantitative estimate of drug-likeness (QED) is 0.824. The maximum atomic E-state index is 11.8. The van der Waals surface area contributed by atoms with Gasteiger partial charge in [0.2, 0.25) is 0 Å². The van der Waals surface area contributed by atoms with E-state index < -0.39 is 10.2 Å². The third-order valence-corrected chi connectivity index (χ3v) is 3.88. The summed E-state index contributed by atoms with van der Waals surface area (Å²) in [6.45, 7) is 0.222. The van der Waals surface area contributed by atoms with E-state index in [9.17, 15) is 8.42 Å². The summed E-state index contributed by atoms with van der Waals surface area (Å²) in [6, 6.07) is 6.37. The fraction of sp³-hybridized carbons (Fsp3) is 0.400. The van der Waals surface area contributed by atoms with Crippen molar-refractivity contribution >= 4 is 27.5 Å². The van der Waals surface area contributed by atoms with E-state index in [2.05, 4.69) is 4.72 Å². The van der Waals surface area contributed by atoms with Gasteiger partial charge in [0.15, 0.2) is 0 Å². The van der Waals surface area contributed by atoms with Crippen molar-refractivity contribution in [2.75, 3.05) is 24.9 Å². The number of anilines is 1. The molecule has 0 spiro atoms. The molecular weight excluding hydrogens is 264 g/mol. The molecule has 0 saturated heterocycles. The predicted molar refractivity (Wildman–Crippen MR) is 68.3 cm³/mol. The first kappa shape index (κ1) is 14.2. The lowest BCUT2D eigenvalue weighted by molar-refractivity contribution is 0.276. The molecular formula is C10H15ClN2O3S. The number of nitrogens with one attached hydrogen (secondary N) is 1. The van der Waals surface area contributed by atoms with E-state index in [-0.39, 0.29) is 13.2 Å². The molecule has 5 nitrogen and oxygen atoms in total. The highest BCUT2D eigenvalue weighted by atomic mass is 35.5. The van der Waals surface area contributed by atoms with Crippen molar-refractivity contribution < 1.29 is 13.5 Å². The predicted octanol–water partition coefficient (Wildman–Crippen LogP) is 1.31. The highest BCUT2D eigenvalue weighted by Gasteiger charge is 2.16. The molecule has 0 aliphatic carbocycles. The fourth-order valence-electron chi connectivity index (χ4n) is 1.16. The monoisotopic (exact) mass is 278 g/mol. The fourth-order valence-corrected chi connectivity index (χ4v) is 2.24. The molecule has 0 amide bonds. The van der Waals surface area contributed by atoms with Gasteiger partial charge in [-0.3, -0.25) is 4.72 Å². The van der Waals surface area contributed by atoms with Crippen molar-refractivity contribution in [3.63, 3.8) is 0 Å². The molecule has 0 atom stereocenters. The number of halogens is 1. The summed E-state index contributed by atoms with van der Waals surface area (Å²) < 4.78 is 27.1. The number of rotatable bonds is 6. The Morgan fingerprint density at radius 2 is 1.94 bits per heavy atom. The van der Waals surface area contributed by atoms with E-state index in [4.69, 9.17) is 16.7 Å². The Morgan fingerprint density at radius 1 is 1.35 bits per heavy atom. The van der Waals surface area contributed by atoms with E-state index in [1.807, 2.05) is 0 Å². The minimum atomic E-state index is -3.57. The average molecular weight is 279 g/mol. The van der Waals surface area contributed by atoms with E-state index in [1.165, 1.54) is 7.05 Å². The van der Waals surface area contributed by atoms with Gasteiger partial charge in [-0.05, 0) is 30.7 Å². The lowest BCUT2D eigenvalue weighted by Crippen LogP contribution is -2.33. The minimum absolute atomic E-state index is 0.0409. The molecule has 1 rings (SSSR count). The number of benzene rings is 1. The van der Waals surface area contributed by atoms with Crippen LogP contribution in [0.25, 0.3) is 0 Å². The van der Waals surface area contributed by atoms with Gasteiger partial charge in [0, 0.05) is 30.9 Å². The van der Waals surface area contributed by atoms with E-state index in [0.717, 1.165) is 4.31 Å². The maximum Gasteiger partial charge on any atom is 0.301 e. The minimum Gasteiger partial charge on any atom is -0.396 e. The zero-order chi connectivity index (χ0) is 12.9. The number of nitrogens with zero attached hydrogens (tertiary/aromatic N) is 1. The van der Waals surface area contributed by atoms with Crippen molar-refractivity contribution in [1.29, 1.82) is 0 Å². The molecule has 0 unspecified atom stereocenters. The number of hydrogen-bond donors (Lipinski definition) is 2. The van der Waals surface area contributed by atoms with Gasteiger partial charge < -0.3 is 5.11 Å². The number of hydrogen-bond acceptors (Lipinski definition) is 3. The molecule has 96 valence electrons. The summed E-state index contributed by atoms with van der Waals surface area (Å²) in [5.41, 5.74) is 0.449. The van der Waals surface area contributed by atoms with Crippen LogP contribution < -0.4 is 4.72 Å². The van der Waals surface area contributed by atoms with Gasteiger partial charge >= 0.3 is 10.2 Å². The topological polar surface area (TPSA) is 69.6 Å². The SMILES string of the molecule is CN(CCCO)S(=O)(=O)Nc1ccc(Cl)cc1. The van der Waals surface area contributed by atoms with Gasteiger partial charge in [0.05, 0.1) is 0 Å². The van der Waals surface area contributed by atoms with Crippen LogP contribution in [0.1, 0.15) is 6.42 Å². The molecule has 1 aromatic rings. The largest absolute Gasteiger partial charge is 0.396 e. The van der Waals surface area contributed by atoms with Crippen LogP contribution in [0.15, 0.2) is 24.3 Å². The molecule has 2 N–H and O–H groups in total. The summed E-state index contributed by atoms with van der Waals surface area (Å²) in [7, 11) is -2.12. The second kappa shape index (κ2) is 6.20. The van der Waals surface area contributed by atoms with Crippen molar-refractivity contribution in [3.8, 4) is 0 Å². The second-order valence-electron chi connectivity index (χ2n) is 3.51. The van der Waals surface area contributed by atoms with Gasteiger partial charge in [0.1, 0.15) is 0 Å². The van der Waals surface area contributed by atoms with Crippen molar-refractivity contribution in [3.05, 3.63) is 29.3 Å². The van der Waals surface area contributed by atoms with Gasteiger partial charge in [-0.15, -0.1) is 0 Å². The second-order valence-corrected chi connectivity index (χ2v) is 5.73. The molecule has 0 aliphatic heterocycles. The Kier molecular flexibility index (Phi) is 5.20. The Morgan fingerprint density at radius 3 is 2.47 bits per heavy atom. The highest BCUT2D eigenvalue weighted by Crippen LogP contribution is 2.15. The lowest BCUT2D eigenvalue weighted by Gasteiger charge is -2.17. The van der Waals surface area contributed by atoms with Crippen LogP contribution in [0.3, 0.4) is 0 Å². The number of aliphatic hydroxyl groups is 1. The summed E-state index contributed by atoms with van der Waals surface area (Å²) in [4.78, 5) is 0. The Labute approximate surface area is 106 Å². The third-order valence-electron chi connectivity index (χ3n) is 2.13. The molecule has 0 aromatic heterocycles. The third kappa shape index (κ3) is 4.51. The molecule has 0 radical (unpaired) electrons. The van der Waals surface area contributed by atoms with Crippen LogP contribution in [-0.2, 0) is 10.2 Å². The first-order chi connectivity index (χ1) is 7.95. The summed E-state index contributed by atoms with van der Waals surface area (Å²) in [5, 5.41) is 9.19. The van der Waals surface area contributed by atoms with Crippen LogP contribution in [0.5, 0.6) is 0 Å². The summed E-state index contributed by atoms with van der Waals surface area (Å²) >= 11 is 5.70. The van der Waals surface area contributed by atoms with Gasteiger partial charge in [-0.25, -0.2) is 0 Å². The number of aliphatic hydroxyl groups excluding tert-OH is 1. The van der Waals surface area contributed by atoms with Gasteiger partial charge in [0.25, 0.3) is 0 Å². The van der Waals surface area contributed by atoms with E-state index >= 15 is 0 Å². The standard InChI is InChI=1S/C10H15ClN2O3S/c1-13(7-2-8-14)17(15,16)12-10-5-3-9(11)4-6-10/h3-6,12,14H,2,7-8H2,1H3. The first-order valence-corrected chi connectivity index (χ1v) is 6.88. The van der Waals surface area contributed by atoms with E-state index in [1.54, 1.807) is 24.3 Å². The summed E-state index contributed by atoms with van der Waals surface area (Å²) in [5.74, 6) is 0. The molecule has 0 bridgehead atoms. The molecule has 1 aromatic carbocycles. The van der Waals surface area contributed by atoms with Crippen LogP contribution in [-0.4, -0.2) is 38.0 Å². The molecule has 0 fully saturated rings. The van der Waals surface area contributed by atoms with Crippen LogP contribution in [0.2, 0.25) is 5.02 Å². The average Bonchev–Trinajstić information content (AvgIpc) is 2.28. The van der Waals surface area contributed by atoms with Gasteiger partial charge in [-0.2, -0.15) is 12.7 Å². The zero-order valence-electron chi connectivity index (χ0n) is 9.43. The van der Waals surface area contributed by atoms with Crippen molar-refractivity contribution in [2.45, 2.75) is 6.42 Å². The first-order valence-electron chi connectivity index (χ1n) is 5.06. The zero-order valence-corrected chi connectivity index (χ0v) is 11.0. The molecule has 7 heteroatoms. The van der Waals surface area contributed by atoms with Crippen molar-refractivity contribution in [2.24, 2.45) is 0 Å². The molecule has 0 aliphatic rings. The van der Waals surface area contributed by atoms with Crippen LogP contribution in [0.4, 0.5) is 5.69 Å². The van der Waals surface area contributed by atoms with Crippen LogP contribution >= 0.6 is 11.6 Å². The molecule has 0 heterocycles. The molecule has 17 heavy (non-hydrogen) atoms. The molecule has 0 saturated carbocycles. The Balaban J connectivity index is 2.69. The maximum absolute atomic E-state index is 11.8.